The van der Waals surface area contributed by atoms with Crippen LogP contribution < -0.4 is 11.2 Å². The number of aliphatic hydroxyl groups excluding tert-OH is 1. The summed E-state index contributed by atoms with van der Waals surface area (Å²) < 4.78 is 45.0. The van der Waals surface area contributed by atoms with Crippen molar-refractivity contribution in [3.63, 3.8) is 0 Å². The van der Waals surface area contributed by atoms with Crippen molar-refractivity contribution >= 4 is 37.5 Å². The van der Waals surface area contributed by atoms with Crippen LogP contribution in [0, 0.1) is 0 Å². The molecule has 0 aliphatic heterocycles. The molecular weight excluding hydrogens is 451 g/mol. The summed E-state index contributed by atoms with van der Waals surface area (Å²) in [5, 5.41) is 10.4. The maximum atomic E-state index is 13.0. The van der Waals surface area contributed by atoms with Crippen molar-refractivity contribution in [3.05, 3.63) is 56.5 Å². The number of hydrogen-bond acceptors (Lipinski definition) is 5. The Bertz CT molecular complexity index is 1130. The zero-order valence-corrected chi connectivity index (χ0v) is 16.4. The third kappa shape index (κ3) is 3.46. The molecule has 0 saturated heterocycles. The fraction of sp³-hybridized carbons (Fsp3) is 0.312. The maximum Gasteiger partial charge on any atom is 0.431 e. The van der Waals surface area contributed by atoms with Crippen molar-refractivity contribution in [1.82, 2.24) is 13.5 Å². The summed E-state index contributed by atoms with van der Waals surface area (Å²) in [6.45, 7) is 1.57. The minimum Gasteiger partial charge on any atom is -0.392 e. The summed E-state index contributed by atoms with van der Waals surface area (Å²) in [7, 11) is 0.957. The zero-order chi connectivity index (χ0) is 20.1. The van der Waals surface area contributed by atoms with Crippen LogP contribution >= 0.6 is 27.5 Å². The number of benzene rings is 1. The summed E-state index contributed by atoms with van der Waals surface area (Å²) in [4.78, 5) is 24.2. The van der Waals surface area contributed by atoms with Crippen molar-refractivity contribution < 1.29 is 18.3 Å². The topological polar surface area (TPSA) is 77.1 Å². The van der Waals surface area contributed by atoms with E-state index in [1.165, 1.54) is 23.7 Å². The van der Waals surface area contributed by atoms with Crippen molar-refractivity contribution in [2.24, 2.45) is 7.05 Å². The van der Waals surface area contributed by atoms with Gasteiger partial charge in [0, 0.05) is 18.5 Å². The Kier molecular flexibility index (Phi) is 5.04. The molecule has 11 heteroatoms. The predicted molar refractivity (Wildman–Crippen MR) is 98.8 cm³/mol. The first-order valence-electron chi connectivity index (χ1n) is 7.64. The van der Waals surface area contributed by atoms with Crippen LogP contribution in [0.5, 0.6) is 0 Å². The highest BCUT2D eigenvalue weighted by Gasteiger charge is 2.35. The van der Waals surface area contributed by atoms with Crippen LogP contribution in [0.1, 0.15) is 23.1 Å². The molecule has 0 radical (unpaired) electrons. The summed E-state index contributed by atoms with van der Waals surface area (Å²) in [6, 6.07) is 4.98. The summed E-state index contributed by atoms with van der Waals surface area (Å²) in [5.74, 6) is 0. The SMILES string of the molecule is CC(O)C(Br)c1nsc2ccc(-n3c(=O)cc(C(F)(F)F)n(C)c3=O)cc12. The highest BCUT2D eigenvalue weighted by molar-refractivity contribution is 9.09. The van der Waals surface area contributed by atoms with E-state index in [4.69, 9.17) is 0 Å². The summed E-state index contributed by atoms with van der Waals surface area (Å²) in [6.07, 6.45) is -5.57. The van der Waals surface area contributed by atoms with Gasteiger partial charge < -0.3 is 5.11 Å². The van der Waals surface area contributed by atoms with Gasteiger partial charge in [-0.25, -0.2) is 9.36 Å². The molecule has 0 amide bonds. The van der Waals surface area contributed by atoms with Gasteiger partial charge in [-0.1, -0.05) is 15.9 Å². The summed E-state index contributed by atoms with van der Waals surface area (Å²) >= 11 is 4.51. The molecule has 27 heavy (non-hydrogen) atoms. The van der Waals surface area contributed by atoms with Crippen LogP contribution in [0.25, 0.3) is 15.8 Å². The van der Waals surface area contributed by atoms with Crippen molar-refractivity contribution in [2.75, 3.05) is 0 Å². The molecule has 6 nitrogen and oxygen atoms in total. The number of fused-ring (bicyclic) bond motifs is 1. The van der Waals surface area contributed by atoms with Crippen LogP contribution in [0.2, 0.25) is 0 Å². The molecule has 0 fully saturated rings. The number of aromatic nitrogens is 3. The third-order valence-electron chi connectivity index (χ3n) is 4.03. The number of rotatable bonds is 3. The van der Waals surface area contributed by atoms with Gasteiger partial charge in [0.25, 0.3) is 5.56 Å². The first-order valence-corrected chi connectivity index (χ1v) is 9.33. The summed E-state index contributed by atoms with van der Waals surface area (Å²) in [5.41, 5.74) is -2.87. The Hall–Kier alpha value is -1.98. The van der Waals surface area contributed by atoms with E-state index < -0.39 is 34.1 Å². The normalized spacial score (nSPS) is 14.5. The molecule has 0 aliphatic rings. The van der Waals surface area contributed by atoms with Crippen LogP contribution in [-0.4, -0.2) is 24.7 Å². The second-order valence-corrected chi connectivity index (χ2v) is 7.72. The molecule has 1 aromatic carbocycles. The van der Waals surface area contributed by atoms with Gasteiger partial charge in [0.15, 0.2) is 0 Å². The standard InChI is InChI=1S/C16H13BrF3N3O3S/c1-7(24)13(17)14-9-5-8(3-4-10(9)27-21-14)23-12(25)6-11(16(18,19)20)22(2)15(23)26/h3-7,13,24H,1-2H3. The van der Waals surface area contributed by atoms with Gasteiger partial charge in [-0.3, -0.25) is 9.36 Å². The Morgan fingerprint density at radius 1 is 1.26 bits per heavy atom. The molecule has 2 aromatic heterocycles. The molecule has 0 bridgehead atoms. The minimum atomic E-state index is -4.82. The Morgan fingerprint density at radius 2 is 1.93 bits per heavy atom. The van der Waals surface area contributed by atoms with E-state index in [0.29, 0.717) is 26.3 Å². The monoisotopic (exact) mass is 463 g/mol. The van der Waals surface area contributed by atoms with Crippen LogP contribution in [-0.2, 0) is 13.2 Å². The molecule has 144 valence electrons. The van der Waals surface area contributed by atoms with Crippen molar-refractivity contribution in [3.8, 4) is 5.69 Å². The van der Waals surface area contributed by atoms with E-state index in [9.17, 15) is 27.9 Å². The third-order valence-corrected chi connectivity index (χ3v) is 6.07. The van der Waals surface area contributed by atoms with Gasteiger partial charge in [0.2, 0.25) is 0 Å². The number of halogens is 4. The molecule has 1 N–H and O–H groups in total. The van der Waals surface area contributed by atoms with Gasteiger partial charge in [-0.2, -0.15) is 17.5 Å². The van der Waals surface area contributed by atoms with E-state index in [2.05, 4.69) is 20.3 Å². The lowest BCUT2D eigenvalue weighted by Gasteiger charge is -2.14. The Balaban J connectivity index is 2.25. The highest BCUT2D eigenvalue weighted by atomic mass is 79.9. The van der Waals surface area contributed by atoms with E-state index in [1.807, 2.05) is 0 Å². The first-order chi connectivity index (χ1) is 12.5. The Labute approximate surface area is 162 Å². The van der Waals surface area contributed by atoms with Gasteiger partial charge in [-0.15, -0.1) is 0 Å². The van der Waals surface area contributed by atoms with Crippen molar-refractivity contribution in [2.45, 2.75) is 24.0 Å². The average molecular weight is 464 g/mol. The average Bonchev–Trinajstić information content (AvgIpc) is 2.99. The lowest BCUT2D eigenvalue weighted by Crippen LogP contribution is -2.40. The molecule has 0 saturated carbocycles. The molecule has 0 spiro atoms. The molecular formula is C16H13BrF3N3O3S. The number of nitrogens with zero attached hydrogens (tertiary/aromatic N) is 3. The van der Waals surface area contributed by atoms with Gasteiger partial charge >= 0.3 is 11.9 Å². The van der Waals surface area contributed by atoms with Gasteiger partial charge in [-0.05, 0) is 36.7 Å². The second-order valence-electron chi connectivity index (χ2n) is 5.93. The molecule has 2 heterocycles. The number of aliphatic hydroxyl groups is 1. The largest absolute Gasteiger partial charge is 0.431 e. The molecule has 2 atom stereocenters. The molecule has 3 aromatic rings. The smallest absolute Gasteiger partial charge is 0.392 e. The van der Waals surface area contributed by atoms with E-state index in [-0.39, 0.29) is 5.69 Å². The van der Waals surface area contributed by atoms with Gasteiger partial charge in [0.1, 0.15) is 5.69 Å². The van der Waals surface area contributed by atoms with Crippen molar-refractivity contribution in [1.29, 1.82) is 0 Å². The van der Waals surface area contributed by atoms with E-state index >= 15 is 0 Å². The lowest BCUT2D eigenvalue weighted by molar-refractivity contribution is -0.144. The maximum absolute atomic E-state index is 13.0. The zero-order valence-electron chi connectivity index (χ0n) is 14.0. The fourth-order valence-corrected chi connectivity index (χ4v) is 3.93. The quantitative estimate of drug-likeness (QED) is 0.605. The molecule has 2 unspecified atom stereocenters. The van der Waals surface area contributed by atoms with Crippen LogP contribution in [0.4, 0.5) is 13.2 Å². The number of alkyl halides is 4. The minimum absolute atomic E-state index is 0.119. The lowest BCUT2D eigenvalue weighted by atomic mass is 10.1. The van der Waals surface area contributed by atoms with Crippen LogP contribution in [0.3, 0.4) is 0 Å². The van der Waals surface area contributed by atoms with Crippen LogP contribution in [0.15, 0.2) is 33.9 Å². The number of hydrogen-bond donors (Lipinski definition) is 1. The first kappa shape index (κ1) is 19.8. The van der Waals surface area contributed by atoms with E-state index in [0.717, 1.165) is 11.7 Å². The van der Waals surface area contributed by atoms with Gasteiger partial charge in [0.05, 0.1) is 27.0 Å². The Morgan fingerprint density at radius 3 is 2.52 bits per heavy atom. The fourth-order valence-electron chi connectivity index (χ4n) is 2.65. The second kappa shape index (κ2) is 6.88. The molecule has 3 rings (SSSR count). The van der Waals surface area contributed by atoms with E-state index in [1.54, 1.807) is 13.0 Å². The highest BCUT2D eigenvalue weighted by Crippen LogP contribution is 2.34. The predicted octanol–water partition coefficient (Wildman–Crippen LogP) is 2.98. The molecule has 0 aliphatic carbocycles.